The number of ether oxygens (including phenoxy) is 2. The number of nitrogens with zero attached hydrogens (tertiary/aromatic N) is 3. The average molecular weight is 411 g/mol. The molecule has 160 valence electrons. The number of H-pyrrole nitrogens is 1. The van der Waals surface area contributed by atoms with Crippen molar-refractivity contribution >= 4 is 5.91 Å². The Kier molecular flexibility index (Phi) is 5.37. The van der Waals surface area contributed by atoms with Crippen molar-refractivity contribution < 1.29 is 14.3 Å². The third-order valence-electron chi connectivity index (χ3n) is 6.78. The van der Waals surface area contributed by atoms with Crippen molar-refractivity contribution in [2.24, 2.45) is 5.92 Å². The number of hydrogen-bond acceptors (Lipinski definition) is 5. The third kappa shape index (κ3) is 3.67. The minimum absolute atomic E-state index is 0.0153. The average Bonchev–Trinajstić information content (AvgIpc) is 3.28. The number of aromatic nitrogens is 2. The number of fused-ring (bicyclic) bond motifs is 2. The molecule has 2 atom stereocenters. The van der Waals surface area contributed by atoms with Gasteiger partial charge in [-0.25, -0.2) is 0 Å². The van der Waals surface area contributed by atoms with E-state index in [1.807, 2.05) is 30.1 Å². The number of rotatable bonds is 4. The van der Waals surface area contributed by atoms with Crippen LogP contribution in [-0.4, -0.2) is 71.8 Å². The Balaban J connectivity index is 1.33. The van der Waals surface area contributed by atoms with Crippen LogP contribution in [0.15, 0.2) is 24.4 Å². The zero-order valence-corrected chi connectivity index (χ0v) is 17.6. The molecule has 2 saturated heterocycles. The fourth-order valence-electron chi connectivity index (χ4n) is 5.30. The van der Waals surface area contributed by atoms with Gasteiger partial charge in [-0.1, -0.05) is 6.42 Å². The van der Waals surface area contributed by atoms with Crippen LogP contribution in [0.3, 0.4) is 0 Å². The largest absolute Gasteiger partial charge is 0.486 e. The zero-order chi connectivity index (χ0) is 20.5. The first kappa shape index (κ1) is 19.4. The van der Waals surface area contributed by atoms with Gasteiger partial charge in [-0.3, -0.25) is 9.89 Å². The molecule has 3 aliphatic heterocycles. The minimum atomic E-state index is 0.0153. The van der Waals surface area contributed by atoms with Crippen LogP contribution in [0.5, 0.6) is 11.5 Å². The molecule has 0 bridgehead atoms. The molecule has 1 aromatic heterocycles. The number of benzene rings is 1. The number of carbonyl (C=O) groups is 1. The summed E-state index contributed by atoms with van der Waals surface area (Å²) in [5.41, 5.74) is 2.21. The molecule has 0 saturated carbocycles. The quantitative estimate of drug-likeness (QED) is 0.838. The highest BCUT2D eigenvalue weighted by molar-refractivity contribution is 5.99. The molecule has 2 aromatic rings. The van der Waals surface area contributed by atoms with E-state index >= 15 is 0 Å². The second kappa shape index (κ2) is 8.30. The van der Waals surface area contributed by atoms with Crippen LogP contribution in [0.25, 0.3) is 11.3 Å². The van der Waals surface area contributed by atoms with Crippen LogP contribution in [-0.2, 0) is 0 Å². The van der Waals surface area contributed by atoms with Gasteiger partial charge in [-0.15, -0.1) is 0 Å². The molecule has 0 radical (unpaired) electrons. The lowest BCUT2D eigenvalue weighted by atomic mass is 9.83. The van der Waals surface area contributed by atoms with Crippen molar-refractivity contribution in [3.05, 3.63) is 30.0 Å². The topological polar surface area (TPSA) is 70.7 Å². The normalized spacial score (nSPS) is 23.6. The Hall–Kier alpha value is -2.54. The van der Waals surface area contributed by atoms with Crippen molar-refractivity contribution in [1.29, 1.82) is 0 Å². The maximum absolute atomic E-state index is 13.3. The van der Waals surface area contributed by atoms with Gasteiger partial charge in [0, 0.05) is 25.2 Å². The van der Waals surface area contributed by atoms with Crippen LogP contribution in [0, 0.1) is 5.92 Å². The lowest BCUT2D eigenvalue weighted by Crippen LogP contribution is -2.51. The summed E-state index contributed by atoms with van der Waals surface area (Å²) in [6, 6.07) is 6.38. The van der Waals surface area contributed by atoms with Crippen LogP contribution in [0.2, 0.25) is 0 Å². The Labute approximate surface area is 177 Å². The first-order chi connectivity index (χ1) is 14.7. The number of carbonyl (C=O) groups excluding carboxylic acids is 1. The van der Waals surface area contributed by atoms with Gasteiger partial charge in [0.15, 0.2) is 11.5 Å². The van der Waals surface area contributed by atoms with Crippen molar-refractivity contribution in [2.45, 2.75) is 38.1 Å². The molecular formula is C23H30N4O3. The molecule has 1 N–H and O–H groups in total. The van der Waals surface area contributed by atoms with Gasteiger partial charge in [-0.2, -0.15) is 5.10 Å². The van der Waals surface area contributed by atoms with Gasteiger partial charge >= 0.3 is 0 Å². The summed E-state index contributed by atoms with van der Waals surface area (Å²) in [6.07, 6.45) is 7.97. The first-order valence-electron chi connectivity index (χ1n) is 11.1. The number of piperidine rings is 2. The van der Waals surface area contributed by atoms with Gasteiger partial charge in [0.2, 0.25) is 0 Å². The smallest absolute Gasteiger partial charge is 0.257 e. The molecule has 2 fully saturated rings. The molecule has 30 heavy (non-hydrogen) atoms. The lowest BCUT2D eigenvalue weighted by Gasteiger charge is -2.45. The summed E-state index contributed by atoms with van der Waals surface area (Å²) in [7, 11) is 1.92. The number of hydrogen-bond donors (Lipinski definition) is 1. The predicted molar refractivity (Wildman–Crippen MR) is 114 cm³/mol. The minimum Gasteiger partial charge on any atom is -0.486 e. The molecule has 7 heteroatoms. The van der Waals surface area contributed by atoms with Crippen LogP contribution in [0.4, 0.5) is 0 Å². The van der Waals surface area contributed by atoms with Crippen molar-refractivity contribution in [2.75, 3.05) is 39.9 Å². The van der Waals surface area contributed by atoms with E-state index in [1.54, 1.807) is 6.20 Å². The molecule has 7 nitrogen and oxygen atoms in total. The predicted octanol–water partition coefficient (Wildman–Crippen LogP) is 3.18. The van der Waals surface area contributed by atoms with Crippen molar-refractivity contribution in [1.82, 2.24) is 20.0 Å². The molecule has 1 amide bonds. The maximum Gasteiger partial charge on any atom is 0.257 e. The van der Waals surface area contributed by atoms with E-state index in [2.05, 4.69) is 15.1 Å². The summed E-state index contributed by atoms with van der Waals surface area (Å²) < 4.78 is 11.3. The van der Waals surface area contributed by atoms with Crippen LogP contribution < -0.4 is 9.47 Å². The van der Waals surface area contributed by atoms with E-state index in [0.29, 0.717) is 36.5 Å². The van der Waals surface area contributed by atoms with E-state index in [1.165, 1.54) is 45.2 Å². The molecule has 5 rings (SSSR count). The standard InChI is InChI=1S/C23H30N4O3/c1-26(15-17-5-4-10-27-9-3-2-6-19(17)27)23(28)18-14-24-25-22(18)16-7-8-20-21(13-16)30-12-11-29-20/h7-8,13-14,17,19H,2-6,9-12,15H2,1H3,(H,24,25)/t17-,19+/m0/s1. The Morgan fingerprint density at radius 2 is 2.00 bits per heavy atom. The van der Waals surface area contributed by atoms with E-state index in [0.717, 1.165) is 23.6 Å². The number of nitrogens with one attached hydrogen (secondary N) is 1. The Bertz CT molecular complexity index is 910. The Morgan fingerprint density at radius 3 is 2.90 bits per heavy atom. The third-order valence-corrected chi connectivity index (χ3v) is 6.78. The summed E-state index contributed by atoms with van der Waals surface area (Å²) in [4.78, 5) is 17.9. The SMILES string of the molecule is CN(C[C@@H]1CCCN2CCCC[C@H]12)C(=O)c1cn[nH]c1-c1ccc2c(c1)OCCO2. The molecular weight excluding hydrogens is 380 g/mol. The monoisotopic (exact) mass is 410 g/mol. The molecule has 3 aliphatic rings. The fourth-order valence-corrected chi connectivity index (χ4v) is 5.30. The van der Waals surface area contributed by atoms with Crippen molar-refractivity contribution in [3.63, 3.8) is 0 Å². The maximum atomic E-state index is 13.3. The number of aromatic amines is 1. The van der Waals surface area contributed by atoms with Gasteiger partial charge in [0.25, 0.3) is 5.91 Å². The molecule has 4 heterocycles. The lowest BCUT2D eigenvalue weighted by molar-refractivity contribution is 0.0403. The molecule has 0 spiro atoms. The van der Waals surface area contributed by atoms with Gasteiger partial charge < -0.3 is 19.3 Å². The summed E-state index contributed by atoms with van der Waals surface area (Å²) in [5, 5.41) is 7.19. The highest BCUT2D eigenvalue weighted by atomic mass is 16.6. The van der Waals surface area contributed by atoms with Crippen LogP contribution in [0.1, 0.15) is 42.5 Å². The number of amides is 1. The second-order valence-electron chi connectivity index (χ2n) is 8.70. The fraction of sp³-hybridized carbons (Fsp3) is 0.565. The van der Waals surface area contributed by atoms with E-state index in [9.17, 15) is 4.79 Å². The van der Waals surface area contributed by atoms with Crippen LogP contribution >= 0.6 is 0 Å². The van der Waals surface area contributed by atoms with Gasteiger partial charge in [0.05, 0.1) is 17.5 Å². The van der Waals surface area contributed by atoms with E-state index in [-0.39, 0.29) is 5.91 Å². The van der Waals surface area contributed by atoms with E-state index < -0.39 is 0 Å². The summed E-state index contributed by atoms with van der Waals surface area (Å²) in [5.74, 6) is 2.02. The second-order valence-corrected chi connectivity index (χ2v) is 8.70. The molecule has 1 aromatic carbocycles. The van der Waals surface area contributed by atoms with Crippen molar-refractivity contribution in [3.8, 4) is 22.8 Å². The Morgan fingerprint density at radius 1 is 1.17 bits per heavy atom. The zero-order valence-electron chi connectivity index (χ0n) is 17.6. The van der Waals surface area contributed by atoms with E-state index in [4.69, 9.17) is 9.47 Å². The molecule has 0 aliphatic carbocycles. The highest BCUT2D eigenvalue weighted by Crippen LogP contribution is 2.35. The summed E-state index contributed by atoms with van der Waals surface area (Å²) >= 11 is 0. The summed E-state index contributed by atoms with van der Waals surface area (Å²) in [6.45, 7) is 4.33. The molecule has 0 unspecified atom stereocenters. The highest BCUT2D eigenvalue weighted by Gasteiger charge is 2.34. The van der Waals surface area contributed by atoms with Gasteiger partial charge in [0.1, 0.15) is 13.2 Å². The van der Waals surface area contributed by atoms with Gasteiger partial charge in [-0.05, 0) is 62.9 Å². The first-order valence-corrected chi connectivity index (χ1v) is 11.1.